The van der Waals surface area contributed by atoms with Crippen molar-refractivity contribution in [3.8, 4) is 0 Å². The monoisotopic (exact) mass is 308 g/mol. The number of carbonyl (C=O) groups excluding carboxylic acids is 2. The second-order valence-electron chi connectivity index (χ2n) is 5.85. The summed E-state index contributed by atoms with van der Waals surface area (Å²) >= 11 is 1.39. The van der Waals surface area contributed by atoms with E-state index in [9.17, 15) is 14.7 Å². The molecule has 1 aromatic rings. The molecule has 2 N–H and O–H groups in total. The van der Waals surface area contributed by atoms with Crippen molar-refractivity contribution in [3.05, 3.63) is 22.4 Å². The van der Waals surface area contributed by atoms with Crippen molar-refractivity contribution in [2.24, 2.45) is 11.8 Å². The van der Waals surface area contributed by atoms with Gasteiger partial charge in [-0.15, -0.1) is 11.3 Å². The number of aliphatic hydroxyl groups excluding tert-OH is 1. The van der Waals surface area contributed by atoms with E-state index in [0.717, 1.165) is 19.4 Å². The van der Waals surface area contributed by atoms with E-state index in [1.165, 1.54) is 11.3 Å². The Balaban J connectivity index is 1.42. The third-order valence-corrected chi connectivity index (χ3v) is 5.41. The Labute approximate surface area is 128 Å². The van der Waals surface area contributed by atoms with Crippen molar-refractivity contribution < 1.29 is 14.7 Å². The van der Waals surface area contributed by atoms with Crippen LogP contribution in [0.1, 0.15) is 28.9 Å². The Hall–Kier alpha value is -1.40. The summed E-state index contributed by atoms with van der Waals surface area (Å²) in [7, 11) is 0. The van der Waals surface area contributed by atoms with E-state index >= 15 is 0 Å². The molecular weight excluding hydrogens is 288 g/mol. The first-order valence-corrected chi connectivity index (χ1v) is 8.30. The van der Waals surface area contributed by atoms with Crippen molar-refractivity contribution in [2.75, 3.05) is 19.6 Å². The third kappa shape index (κ3) is 3.11. The molecular formula is C15H20N2O3S. The highest BCUT2D eigenvalue weighted by atomic mass is 32.1. The van der Waals surface area contributed by atoms with Gasteiger partial charge in [0.15, 0.2) is 0 Å². The van der Waals surface area contributed by atoms with Gasteiger partial charge in [-0.25, -0.2) is 0 Å². The molecule has 2 amide bonds. The van der Waals surface area contributed by atoms with E-state index in [0.29, 0.717) is 30.3 Å². The molecule has 2 fully saturated rings. The standard InChI is InChI=1S/C15H20N2O3S/c18-12-4-3-10-8-17(9-11(10)12)14(19)5-6-16-15(20)13-2-1-7-21-13/h1-2,7,10-12,18H,3-6,8-9H2,(H,16,20). The summed E-state index contributed by atoms with van der Waals surface area (Å²) < 4.78 is 0. The number of hydrogen-bond acceptors (Lipinski definition) is 4. The maximum Gasteiger partial charge on any atom is 0.261 e. The lowest BCUT2D eigenvalue weighted by atomic mass is 10.00. The predicted octanol–water partition coefficient (Wildman–Crippen LogP) is 1.10. The van der Waals surface area contributed by atoms with Crippen molar-refractivity contribution >= 4 is 23.2 Å². The highest BCUT2D eigenvalue weighted by molar-refractivity contribution is 7.12. The highest BCUT2D eigenvalue weighted by Gasteiger charge is 2.42. The molecule has 1 saturated heterocycles. The van der Waals surface area contributed by atoms with Crippen LogP contribution in [0, 0.1) is 11.8 Å². The van der Waals surface area contributed by atoms with Gasteiger partial charge in [0.05, 0.1) is 11.0 Å². The molecule has 5 nitrogen and oxygen atoms in total. The lowest BCUT2D eigenvalue weighted by molar-refractivity contribution is -0.130. The van der Waals surface area contributed by atoms with Gasteiger partial charge in [0.1, 0.15) is 0 Å². The first-order valence-electron chi connectivity index (χ1n) is 7.42. The van der Waals surface area contributed by atoms with Gasteiger partial charge < -0.3 is 15.3 Å². The topological polar surface area (TPSA) is 69.6 Å². The van der Waals surface area contributed by atoms with Crippen LogP contribution in [0.4, 0.5) is 0 Å². The Morgan fingerprint density at radius 1 is 1.38 bits per heavy atom. The van der Waals surface area contributed by atoms with E-state index in [2.05, 4.69) is 5.32 Å². The summed E-state index contributed by atoms with van der Waals surface area (Å²) in [5.74, 6) is 0.675. The molecule has 2 aliphatic rings. The fourth-order valence-corrected chi connectivity index (χ4v) is 4.02. The zero-order chi connectivity index (χ0) is 14.8. The number of aliphatic hydroxyl groups is 1. The van der Waals surface area contributed by atoms with Crippen molar-refractivity contribution in [3.63, 3.8) is 0 Å². The number of nitrogens with one attached hydrogen (secondary N) is 1. The van der Waals surface area contributed by atoms with Crippen LogP contribution < -0.4 is 5.32 Å². The van der Waals surface area contributed by atoms with E-state index < -0.39 is 0 Å². The average molecular weight is 308 g/mol. The summed E-state index contributed by atoms with van der Waals surface area (Å²) in [6.45, 7) is 1.80. The predicted molar refractivity (Wildman–Crippen MR) is 80.1 cm³/mol. The van der Waals surface area contributed by atoms with Crippen LogP contribution in [-0.4, -0.2) is 47.6 Å². The molecule has 0 bridgehead atoms. The quantitative estimate of drug-likeness (QED) is 0.875. The molecule has 3 unspecified atom stereocenters. The molecule has 1 saturated carbocycles. The molecule has 2 heterocycles. The Morgan fingerprint density at radius 2 is 2.24 bits per heavy atom. The number of thiophene rings is 1. The fourth-order valence-electron chi connectivity index (χ4n) is 3.38. The maximum absolute atomic E-state index is 12.1. The molecule has 0 aromatic carbocycles. The largest absolute Gasteiger partial charge is 0.393 e. The smallest absolute Gasteiger partial charge is 0.261 e. The minimum absolute atomic E-state index is 0.0723. The SMILES string of the molecule is O=C(NCCC(=O)N1CC2CCC(O)C2C1)c1cccs1. The molecule has 3 atom stereocenters. The maximum atomic E-state index is 12.1. The molecule has 1 aromatic heterocycles. The van der Waals surface area contributed by atoms with Crippen LogP contribution in [0.15, 0.2) is 17.5 Å². The zero-order valence-corrected chi connectivity index (χ0v) is 12.6. The zero-order valence-electron chi connectivity index (χ0n) is 11.8. The number of amides is 2. The molecule has 6 heteroatoms. The van der Waals surface area contributed by atoms with Crippen molar-refractivity contribution in [1.29, 1.82) is 0 Å². The van der Waals surface area contributed by atoms with Gasteiger partial charge in [0.25, 0.3) is 5.91 Å². The summed E-state index contributed by atoms with van der Waals surface area (Å²) in [6.07, 6.45) is 1.97. The summed E-state index contributed by atoms with van der Waals surface area (Å²) in [6, 6.07) is 3.60. The highest BCUT2D eigenvalue weighted by Crippen LogP contribution is 2.38. The van der Waals surface area contributed by atoms with Crippen LogP contribution in [0.25, 0.3) is 0 Å². The van der Waals surface area contributed by atoms with Gasteiger partial charge >= 0.3 is 0 Å². The van der Waals surface area contributed by atoms with E-state index in [1.807, 2.05) is 16.3 Å². The van der Waals surface area contributed by atoms with Crippen molar-refractivity contribution in [2.45, 2.75) is 25.4 Å². The number of nitrogens with zero attached hydrogens (tertiary/aromatic N) is 1. The number of fused-ring (bicyclic) bond motifs is 1. The number of carbonyl (C=O) groups is 2. The van der Waals surface area contributed by atoms with Gasteiger partial charge in [-0.1, -0.05) is 6.07 Å². The Morgan fingerprint density at radius 3 is 2.95 bits per heavy atom. The summed E-state index contributed by atoms with van der Waals surface area (Å²) in [5, 5.41) is 14.5. The van der Waals surface area contributed by atoms with Gasteiger partial charge in [0, 0.05) is 32.0 Å². The molecule has 1 aliphatic carbocycles. The van der Waals surface area contributed by atoms with E-state index in [4.69, 9.17) is 0 Å². The lowest BCUT2D eigenvalue weighted by Crippen LogP contribution is -2.34. The van der Waals surface area contributed by atoms with Crippen LogP contribution >= 0.6 is 11.3 Å². The lowest BCUT2D eigenvalue weighted by Gasteiger charge is -2.18. The molecule has 114 valence electrons. The van der Waals surface area contributed by atoms with E-state index in [-0.39, 0.29) is 23.8 Å². The van der Waals surface area contributed by atoms with Gasteiger partial charge in [-0.05, 0) is 30.2 Å². The third-order valence-electron chi connectivity index (χ3n) is 4.54. The summed E-state index contributed by atoms with van der Waals surface area (Å²) in [5.41, 5.74) is 0. The second-order valence-corrected chi connectivity index (χ2v) is 6.80. The Kier molecular flexibility index (Phi) is 4.26. The number of hydrogen-bond donors (Lipinski definition) is 2. The number of rotatable bonds is 4. The van der Waals surface area contributed by atoms with Gasteiger partial charge in [-0.3, -0.25) is 9.59 Å². The molecule has 21 heavy (non-hydrogen) atoms. The minimum Gasteiger partial charge on any atom is -0.393 e. The van der Waals surface area contributed by atoms with E-state index in [1.54, 1.807) is 6.07 Å². The van der Waals surface area contributed by atoms with Crippen LogP contribution in [0.2, 0.25) is 0 Å². The summed E-state index contributed by atoms with van der Waals surface area (Å²) in [4.78, 5) is 26.4. The van der Waals surface area contributed by atoms with Crippen LogP contribution in [0.3, 0.4) is 0 Å². The average Bonchev–Trinajstić information content (AvgIpc) is 3.17. The van der Waals surface area contributed by atoms with Gasteiger partial charge in [0.2, 0.25) is 5.91 Å². The Bertz CT molecular complexity index is 517. The molecule has 3 rings (SSSR count). The van der Waals surface area contributed by atoms with Crippen LogP contribution in [-0.2, 0) is 4.79 Å². The van der Waals surface area contributed by atoms with Crippen molar-refractivity contribution in [1.82, 2.24) is 10.2 Å². The molecule has 1 aliphatic heterocycles. The fraction of sp³-hybridized carbons (Fsp3) is 0.600. The van der Waals surface area contributed by atoms with Gasteiger partial charge in [-0.2, -0.15) is 0 Å². The second kappa shape index (κ2) is 6.15. The molecule has 0 radical (unpaired) electrons. The number of likely N-dealkylation sites (tertiary alicyclic amines) is 1. The van der Waals surface area contributed by atoms with Crippen LogP contribution in [0.5, 0.6) is 0 Å². The normalized spacial score (nSPS) is 27.7. The molecule has 0 spiro atoms. The first-order chi connectivity index (χ1) is 10.1. The minimum atomic E-state index is -0.244. The first kappa shape index (κ1) is 14.5.